The monoisotopic (exact) mass is 234 g/mol. The normalized spacial score (nSPS) is 10.3. The molecule has 0 radical (unpaired) electrons. The summed E-state index contributed by atoms with van der Waals surface area (Å²) in [6.45, 7) is -0.396. The third-order valence-corrected chi connectivity index (χ3v) is 2.56. The summed E-state index contributed by atoms with van der Waals surface area (Å²) in [6.07, 6.45) is 0.440. The molecule has 0 spiro atoms. The molecule has 0 saturated carbocycles. The van der Waals surface area contributed by atoms with Gasteiger partial charge in [-0.3, -0.25) is 9.18 Å². The number of ether oxygens (including phenoxy) is 1. The van der Waals surface area contributed by atoms with Crippen molar-refractivity contribution < 1.29 is 13.9 Å². The number of hydrogen-bond acceptors (Lipinski definition) is 6. The molecule has 0 saturated heterocycles. The van der Waals surface area contributed by atoms with E-state index < -0.39 is 5.97 Å². The average molecular weight is 234 g/mol. The number of nitrogens with zero attached hydrogens (tertiary/aromatic N) is 4. The second-order valence-electron chi connectivity index (χ2n) is 2.59. The lowest BCUT2D eigenvalue weighted by Gasteiger charge is -2.01. The summed E-state index contributed by atoms with van der Waals surface area (Å²) in [4.78, 5) is 11.0. The summed E-state index contributed by atoms with van der Waals surface area (Å²) in [7, 11) is 1.29. The molecule has 0 fully saturated rings. The lowest BCUT2D eigenvalue weighted by Crippen LogP contribution is -2.13. The Morgan fingerprint density at radius 1 is 1.67 bits per heavy atom. The molecule has 0 bridgehead atoms. The number of carbonyl (C=O) groups excluding carboxylic acids is 1. The molecule has 0 unspecified atom stereocenters. The second kappa shape index (κ2) is 6.33. The number of alkyl halides is 1. The summed E-state index contributed by atoms with van der Waals surface area (Å²) in [6, 6.07) is 0. The number of tetrazole rings is 1. The van der Waals surface area contributed by atoms with E-state index in [9.17, 15) is 9.18 Å². The Balaban J connectivity index is 2.49. The Morgan fingerprint density at radius 3 is 3.13 bits per heavy atom. The molecule has 0 aliphatic heterocycles. The van der Waals surface area contributed by atoms with Crippen LogP contribution in [-0.2, 0) is 16.1 Å². The highest BCUT2D eigenvalue weighted by Gasteiger charge is 2.10. The number of hydrogen-bond donors (Lipinski definition) is 0. The van der Waals surface area contributed by atoms with Crippen LogP contribution in [0.3, 0.4) is 0 Å². The van der Waals surface area contributed by atoms with E-state index in [-0.39, 0.29) is 13.2 Å². The van der Waals surface area contributed by atoms with Crippen molar-refractivity contribution in [2.45, 2.75) is 18.1 Å². The second-order valence-corrected chi connectivity index (χ2v) is 3.65. The van der Waals surface area contributed by atoms with Gasteiger partial charge in [-0.2, -0.15) is 0 Å². The summed E-state index contributed by atoms with van der Waals surface area (Å²) in [5.41, 5.74) is 0. The van der Waals surface area contributed by atoms with Gasteiger partial charge >= 0.3 is 5.97 Å². The first-order valence-corrected chi connectivity index (χ1v) is 5.28. The minimum Gasteiger partial charge on any atom is -0.468 e. The molecular formula is C7H11FN4O2S. The van der Waals surface area contributed by atoms with Crippen LogP contribution in [0.4, 0.5) is 4.39 Å². The van der Waals surface area contributed by atoms with Gasteiger partial charge in [0.25, 0.3) is 0 Å². The highest BCUT2D eigenvalue weighted by atomic mass is 32.2. The van der Waals surface area contributed by atoms with E-state index >= 15 is 0 Å². The van der Waals surface area contributed by atoms with Crippen molar-refractivity contribution in [3.63, 3.8) is 0 Å². The first-order chi connectivity index (χ1) is 7.27. The fourth-order valence-electron chi connectivity index (χ4n) is 0.804. The molecule has 0 amide bonds. The van der Waals surface area contributed by atoms with Gasteiger partial charge in [-0.1, -0.05) is 11.8 Å². The molecular weight excluding hydrogens is 223 g/mol. The van der Waals surface area contributed by atoms with Gasteiger partial charge in [-0.15, -0.1) is 5.10 Å². The van der Waals surface area contributed by atoms with Gasteiger partial charge in [0.2, 0.25) is 5.16 Å². The van der Waals surface area contributed by atoms with Crippen molar-refractivity contribution >= 4 is 17.7 Å². The van der Waals surface area contributed by atoms with Gasteiger partial charge in [-0.05, 0) is 16.8 Å². The number of halogens is 1. The number of methoxy groups -OCH3 is 1. The van der Waals surface area contributed by atoms with Crippen LogP contribution >= 0.6 is 11.8 Å². The Labute approximate surface area is 90.2 Å². The molecule has 1 rings (SSSR count). The van der Waals surface area contributed by atoms with Crippen LogP contribution in [0.5, 0.6) is 0 Å². The highest BCUT2D eigenvalue weighted by Crippen LogP contribution is 2.14. The Bertz CT molecular complexity index is 320. The molecule has 1 heterocycles. The molecule has 84 valence electrons. The van der Waals surface area contributed by atoms with E-state index in [4.69, 9.17) is 0 Å². The number of aromatic nitrogens is 4. The fraction of sp³-hybridized carbons (Fsp3) is 0.714. The molecule has 0 aliphatic rings. The Morgan fingerprint density at radius 2 is 2.47 bits per heavy atom. The van der Waals surface area contributed by atoms with E-state index in [1.54, 1.807) is 0 Å². The van der Waals surface area contributed by atoms with E-state index in [2.05, 4.69) is 20.3 Å². The van der Waals surface area contributed by atoms with E-state index in [0.717, 1.165) is 0 Å². The van der Waals surface area contributed by atoms with Gasteiger partial charge in [0.05, 0.1) is 13.8 Å². The Kier molecular flexibility index (Phi) is 5.02. The van der Waals surface area contributed by atoms with Crippen LogP contribution < -0.4 is 0 Å². The maximum atomic E-state index is 11.8. The van der Waals surface area contributed by atoms with Crippen molar-refractivity contribution in [2.75, 3.05) is 19.5 Å². The lowest BCUT2D eigenvalue weighted by atomic mass is 10.6. The van der Waals surface area contributed by atoms with Crippen molar-refractivity contribution in [2.24, 2.45) is 0 Å². The van der Waals surface area contributed by atoms with Crippen molar-refractivity contribution in [3.05, 3.63) is 0 Å². The van der Waals surface area contributed by atoms with Crippen LogP contribution in [0.15, 0.2) is 5.16 Å². The highest BCUT2D eigenvalue weighted by molar-refractivity contribution is 7.99. The molecule has 0 aliphatic carbocycles. The quantitative estimate of drug-likeness (QED) is 0.400. The lowest BCUT2D eigenvalue weighted by molar-refractivity contribution is -0.141. The molecule has 15 heavy (non-hydrogen) atoms. The molecule has 8 heteroatoms. The maximum absolute atomic E-state index is 11.8. The van der Waals surface area contributed by atoms with E-state index in [0.29, 0.717) is 17.3 Å². The van der Waals surface area contributed by atoms with Gasteiger partial charge in [0.15, 0.2) is 0 Å². The summed E-state index contributed by atoms with van der Waals surface area (Å²) < 4.78 is 17.6. The van der Waals surface area contributed by atoms with Gasteiger partial charge in [-0.25, -0.2) is 4.68 Å². The summed E-state index contributed by atoms with van der Waals surface area (Å²) in [5.74, 6) is 0.160. The molecule has 6 nitrogen and oxygen atoms in total. The summed E-state index contributed by atoms with van der Waals surface area (Å²) in [5, 5.41) is 11.3. The predicted octanol–water partition coefficient (Wildman–Crippen LogP) is 0.298. The summed E-state index contributed by atoms with van der Waals surface area (Å²) >= 11 is 1.31. The molecule has 0 aromatic carbocycles. The molecule has 1 aromatic heterocycles. The third kappa shape index (κ3) is 3.82. The first-order valence-electron chi connectivity index (χ1n) is 4.29. The Hall–Kier alpha value is -1.18. The maximum Gasteiger partial charge on any atom is 0.327 e. The fourth-order valence-corrected chi connectivity index (χ4v) is 1.58. The van der Waals surface area contributed by atoms with Crippen molar-refractivity contribution in [1.82, 2.24) is 20.2 Å². The van der Waals surface area contributed by atoms with Crippen molar-refractivity contribution in [3.8, 4) is 0 Å². The minimum atomic E-state index is -0.422. The van der Waals surface area contributed by atoms with E-state index in [1.807, 2.05) is 0 Å². The zero-order valence-corrected chi connectivity index (χ0v) is 9.04. The molecule has 1 aromatic rings. The van der Waals surface area contributed by atoms with Gasteiger partial charge in [0.1, 0.15) is 6.54 Å². The van der Waals surface area contributed by atoms with Crippen LogP contribution in [0.1, 0.15) is 6.42 Å². The van der Waals surface area contributed by atoms with E-state index in [1.165, 1.54) is 23.6 Å². The largest absolute Gasteiger partial charge is 0.468 e. The van der Waals surface area contributed by atoms with Crippen LogP contribution in [-0.4, -0.2) is 45.7 Å². The zero-order chi connectivity index (χ0) is 11.1. The average Bonchev–Trinajstić information content (AvgIpc) is 2.66. The third-order valence-electron chi connectivity index (χ3n) is 1.51. The van der Waals surface area contributed by atoms with Gasteiger partial charge in [0, 0.05) is 5.75 Å². The molecule has 0 N–H and O–H groups in total. The predicted molar refractivity (Wildman–Crippen MR) is 51.1 cm³/mol. The standard InChI is InChI=1S/C7H11FN4O2S/c1-14-6(13)5-12-7(9-10-11-12)15-4-2-3-8/h2-5H2,1H3. The zero-order valence-electron chi connectivity index (χ0n) is 8.22. The molecule has 0 atom stereocenters. The topological polar surface area (TPSA) is 69.9 Å². The minimum absolute atomic E-state index is 0.0263. The number of rotatable bonds is 6. The first kappa shape index (κ1) is 11.9. The number of carbonyl (C=O) groups is 1. The SMILES string of the molecule is COC(=O)Cn1nnnc1SCCCF. The van der Waals surface area contributed by atoms with Crippen LogP contribution in [0, 0.1) is 0 Å². The van der Waals surface area contributed by atoms with Gasteiger partial charge < -0.3 is 4.74 Å². The van der Waals surface area contributed by atoms with Crippen molar-refractivity contribution in [1.29, 1.82) is 0 Å². The number of thioether (sulfide) groups is 1. The van der Waals surface area contributed by atoms with Crippen LogP contribution in [0.2, 0.25) is 0 Å². The number of esters is 1. The van der Waals surface area contributed by atoms with Crippen LogP contribution in [0.25, 0.3) is 0 Å². The smallest absolute Gasteiger partial charge is 0.327 e.